The van der Waals surface area contributed by atoms with E-state index in [0.717, 1.165) is 28.6 Å². The number of aliphatic hydroxyl groups is 1. The molecule has 3 aromatic heterocycles. The molecule has 0 aliphatic heterocycles. The maximum absolute atomic E-state index is 13.4. The number of aromatic nitrogens is 5. The van der Waals surface area contributed by atoms with E-state index in [1.807, 2.05) is 12.3 Å². The number of rotatable bonds is 6. The molecule has 36 heavy (non-hydrogen) atoms. The van der Waals surface area contributed by atoms with Gasteiger partial charge in [-0.05, 0) is 48.5 Å². The van der Waals surface area contributed by atoms with Crippen molar-refractivity contribution < 1.29 is 23.1 Å². The van der Waals surface area contributed by atoms with Gasteiger partial charge in [0.15, 0.2) is 5.65 Å². The number of aliphatic hydroxyl groups excluding tert-OH is 1. The molecule has 0 aliphatic rings. The van der Waals surface area contributed by atoms with Crippen LogP contribution < -0.4 is 0 Å². The average Bonchev–Trinajstić information content (AvgIpc) is 3.50. The number of aryl methyl sites for hydroxylation is 2. The van der Waals surface area contributed by atoms with Crippen LogP contribution in [0, 0.1) is 0 Å². The molecule has 0 radical (unpaired) electrons. The van der Waals surface area contributed by atoms with Crippen LogP contribution in [0.5, 0.6) is 0 Å². The van der Waals surface area contributed by atoms with Gasteiger partial charge in [-0.1, -0.05) is 0 Å². The predicted molar refractivity (Wildman–Crippen MR) is 128 cm³/mol. The van der Waals surface area contributed by atoms with Crippen molar-refractivity contribution in [3.63, 3.8) is 0 Å². The highest BCUT2D eigenvalue weighted by atomic mass is 19.4. The van der Waals surface area contributed by atoms with E-state index in [1.165, 1.54) is 12.1 Å². The molecule has 0 unspecified atom stereocenters. The SMILES string of the molecule is Cn1cc2c3cc(C(=O)N(CCO)Cc4ccnn4C)ccc3n(-c3ccc(C(F)(F)F)cc3)c2n1. The third-order valence-corrected chi connectivity index (χ3v) is 6.18. The van der Waals surface area contributed by atoms with Crippen LogP contribution >= 0.6 is 0 Å². The van der Waals surface area contributed by atoms with Gasteiger partial charge in [-0.2, -0.15) is 23.4 Å². The zero-order chi connectivity index (χ0) is 25.6. The van der Waals surface area contributed by atoms with E-state index in [4.69, 9.17) is 0 Å². The number of hydrogen-bond acceptors (Lipinski definition) is 4. The Kier molecular flexibility index (Phi) is 5.79. The lowest BCUT2D eigenvalue weighted by atomic mass is 10.1. The highest BCUT2D eigenvalue weighted by molar-refractivity contribution is 6.10. The van der Waals surface area contributed by atoms with Crippen LogP contribution in [-0.2, 0) is 26.8 Å². The number of alkyl halides is 3. The molecule has 1 amide bonds. The summed E-state index contributed by atoms with van der Waals surface area (Å²) in [5.41, 5.74) is 2.32. The standard InChI is InChI=1S/C25H23F3N6O2/c1-31-15-21-20-13-16(24(36)33(11-12-35)14-19-9-10-29-32(19)2)3-8-22(20)34(23(21)30-31)18-6-4-17(5-7-18)25(26,27)28/h3-10,13,15,35H,11-12,14H2,1-2H3. The minimum absolute atomic E-state index is 0.150. The van der Waals surface area contributed by atoms with E-state index < -0.39 is 11.7 Å². The summed E-state index contributed by atoms with van der Waals surface area (Å²) in [5, 5.41) is 19.7. The summed E-state index contributed by atoms with van der Waals surface area (Å²) < 4.78 is 44.3. The molecule has 2 aromatic carbocycles. The third-order valence-electron chi connectivity index (χ3n) is 6.18. The van der Waals surface area contributed by atoms with Gasteiger partial charge in [-0.3, -0.25) is 18.7 Å². The summed E-state index contributed by atoms with van der Waals surface area (Å²) in [6, 6.07) is 11.9. The highest BCUT2D eigenvalue weighted by Gasteiger charge is 2.30. The maximum atomic E-state index is 13.4. The van der Waals surface area contributed by atoms with E-state index in [9.17, 15) is 23.1 Å². The Hall–Kier alpha value is -4.12. The first-order chi connectivity index (χ1) is 17.2. The zero-order valence-electron chi connectivity index (χ0n) is 19.6. The number of carbonyl (C=O) groups excluding carboxylic acids is 1. The van der Waals surface area contributed by atoms with Crippen molar-refractivity contribution in [3.8, 4) is 5.69 Å². The van der Waals surface area contributed by atoms with Gasteiger partial charge in [0, 0.05) is 55.1 Å². The fourth-order valence-corrected chi connectivity index (χ4v) is 4.39. The van der Waals surface area contributed by atoms with E-state index in [1.54, 1.807) is 57.3 Å². The van der Waals surface area contributed by atoms with E-state index >= 15 is 0 Å². The lowest BCUT2D eigenvalue weighted by Gasteiger charge is -2.22. The summed E-state index contributed by atoms with van der Waals surface area (Å²) in [7, 11) is 3.54. The van der Waals surface area contributed by atoms with Crippen LogP contribution in [0.2, 0.25) is 0 Å². The minimum atomic E-state index is -4.43. The molecule has 0 atom stereocenters. The molecule has 0 spiro atoms. The first-order valence-corrected chi connectivity index (χ1v) is 11.2. The third kappa shape index (κ3) is 4.11. The number of halogens is 3. The number of fused-ring (bicyclic) bond motifs is 3. The Morgan fingerprint density at radius 1 is 1.06 bits per heavy atom. The predicted octanol–water partition coefficient (Wildman–Crippen LogP) is 3.90. The Balaban J connectivity index is 1.58. The summed E-state index contributed by atoms with van der Waals surface area (Å²) in [6.07, 6.45) is -0.970. The number of nitrogens with zero attached hydrogens (tertiary/aromatic N) is 6. The van der Waals surface area contributed by atoms with Crippen LogP contribution in [0.3, 0.4) is 0 Å². The monoisotopic (exact) mass is 496 g/mol. The second-order valence-electron chi connectivity index (χ2n) is 8.55. The summed E-state index contributed by atoms with van der Waals surface area (Å²) in [4.78, 5) is 15.0. The average molecular weight is 496 g/mol. The number of carbonyl (C=O) groups is 1. The Morgan fingerprint density at radius 2 is 1.81 bits per heavy atom. The molecule has 0 saturated carbocycles. The quantitative estimate of drug-likeness (QED) is 0.387. The molecule has 1 N–H and O–H groups in total. The van der Waals surface area contributed by atoms with Gasteiger partial charge >= 0.3 is 6.18 Å². The summed E-state index contributed by atoms with van der Waals surface area (Å²) >= 11 is 0. The first kappa shape index (κ1) is 23.6. The molecule has 0 bridgehead atoms. The largest absolute Gasteiger partial charge is 0.416 e. The van der Waals surface area contributed by atoms with Crippen LogP contribution in [0.25, 0.3) is 27.6 Å². The van der Waals surface area contributed by atoms with Crippen LogP contribution in [0.15, 0.2) is 60.9 Å². The van der Waals surface area contributed by atoms with E-state index in [0.29, 0.717) is 22.4 Å². The van der Waals surface area contributed by atoms with Gasteiger partial charge < -0.3 is 10.0 Å². The first-order valence-electron chi connectivity index (χ1n) is 11.2. The van der Waals surface area contributed by atoms with E-state index in [-0.39, 0.29) is 25.6 Å². The Labute approximate surface area is 203 Å². The van der Waals surface area contributed by atoms with Gasteiger partial charge in [0.2, 0.25) is 0 Å². The topological polar surface area (TPSA) is 81.1 Å². The lowest BCUT2D eigenvalue weighted by molar-refractivity contribution is -0.137. The smallest absolute Gasteiger partial charge is 0.395 e. The molecule has 3 heterocycles. The van der Waals surface area contributed by atoms with Gasteiger partial charge in [-0.15, -0.1) is 0 Å². The van der Waals surface area contributed by atoms with Gasteiger partial charge in [0.1, 0.15) is 0 Å². The fourth-order valence-electron chi connectivity index (χ4n) is 4.39. The van der Waals surface area contributed by atoms with Crippen molar-refractivity contribution in [3.05, 3.63) is 77.7 Å². The Bertz CT molecular complexity index is 1560. The molecule has 0 fully saturated rings. The van der Waals surface area contributed by atoms with Crippen molar-refractivity contribution in [2.24, 2.45) is 14.1 Å². The zero-order valence-corrected chi connectivity index (χ0v) is 19.6. The molecule has 186 valence electrons. The fraction of sp³-hybridized carbons (Fsp3) is 0.240. The van der Waals surface area contributed by atoms with E-state index in [2.05, 4.69) is 10.2 Å². The Morgan fingerprint density at radius 3 is 2.44 bits per heavy atom. The number of amides is 1. The van der Waals surface area contributed by atoms with Gasteiger partial charge in [0.05, 0.1) is 29.9 Å². The van der Waals surface area contributed by atoms with Gasteiger partial charge in [0.25, 0.3) is 5.91 Å². The van der Waals surface area contributed by atoms with Crippen molar-refractivity contribution in [1.82, 2.24) is 29.0 Å². The van der Waals surface area contributed by atoms with Crippen LogP contribution in [-0.4, -0.2) is 53.2 Å². The lowest BCUT2D eigenvalue weighted by Crippen LogP contribution is -2.33. The number of hydrogen-bond donors (Lipinski definition) is 1. The minimum Gasteiger partial charge on any atom is -0.395 e. The molecule has 8 nitrogen and oxygen atoms in total. The second kappa shape index (κ2) is 8.83. The molecule has 11 heteroatoms. The van der Waals surface area contributed by atoms with Crippen LogP contribution in [0.4, 0.5) is 13.2 Å². The number of benzene rings is 2. The highest BCUT2D eigenvalue weighted by Crippen LogP contribution is 2.34. The van der Waals surface area contributed by atoms with Crippen molar-refractivity contribution >= 4 is 27.8 Å². The van der Waals surface area contributed by atoms with Crippen LogP contribution in [0.1, 0.15) is 21.6 Å². The summed E-state index contributed by atoms with van der Waals surface area (Å²) in [6.45, 7) is 0.239. The molecule has 0 aliphatic carbocycles. The maximum Gasteiger partial charge on any atom is 0.416 e. The normalized spacial score (nSPS) is 12.1. The molecule has 5 rings (SSSR count). The molecular weight excluding hydrogens is 473 g/mol. The molecule has 5 aromatic rings. The molecule has 0 saturated heterocycles. The summed E-state index contributed by atoms with van der Waals surface area (Å²) in [5.74, 6) is -0.258. The molecular formula is C25H23F3N6O2. The second-order valence-corrected chi connectivity index (χ2v) is 8.55. The van der Waals surface area contributed by atoms with Crippen molar-refractivity contribution in [2.75, 3.05) is 13.2 Å². The van der Waals surface area contributed by atoms with Gasteiger partial charge in [-0.25, -0.2) is 0 Å². The van der Waals surface area contributed by atoms with Crippen molar-refractivity contribution in [1.29, 1.82) is 0 Å². The van der Waals surface area contributed by atoms with Crippen molar-refractivity contribution in [2.45, 2.75) is 12.7 Å².